The van der Waals surface area contributed by atoms with Crippen LogP contribution in [0.4, 0.5) is 18.9 Å². The molecular weight excluding hydrogens is 227 g/mol. The molecule has 0 aliphatic rings. The average molecular weight is 235 g/mol. The highest BCUT2D eigenvalue weighted by atomic mass is 19.4. The zero-order chi connectivity index (χ0) is 12.5. The Morgan fingerprint density at radius 3 is 2.44 bits per heavy atom. The first-order valence-electron chi connectivity index (χ1n) is 4.23. The Hall–Kier alpha value is -1.63. The van der Waals surface area contributed by atoms with Crippen molar-refractivity contribution in [2.75, 3.05) is 0 Å². The minimum atomic E-state index is -4.92. The van der Waals surface area contributed by atoms with Crippen molar-refractivity contribution < 1.29 is 23.2 Å². The number of nitro groups is 1. The van der Waals surface area contributed by atoms with Gasteiger partial charge in [-0.05, 0) is 13.0 Å². The monoisotopic (exact) mass is 235 g/mol. The maximum Gasteiger partial charge on any atom is 0.418 e. The van der Waals surface area contributed by atoms with Crippen LogP contribution >= 0.6 is 0 Å². The molecule has 88 valence electrons. The van der Waals surface area contributed by atoms with Crippen molar-refractivity contribution in [3.05, 3.63) is 39.4 Å². The number of hydrogen-bond acceptors (Lipinski definition) is 3. The van der Waals surface area contributed by atoms with Crippen LogP contribution in [-0.4, -0.2) is 16.2 Å². The van der Waals surface area contributed by atoms with Crippen molar-refractivity contribution in [2.45, 2.75) is 19.2 Å². The molecule has 0 aromatic heterocycles. The SMILES string of the molecule is Cc1ccc([N+](=O)[O-])c(C(O)C(F)(F)F)c1. The Balaban J connectivity index is 3.30. The first-order valence-corrected chi connectivity index (χ1v) is 4.23. The first-order chi connectivity index (χ1) is 7.23. The van der Waals surface area contributed by atoms with Crippen LogP contribution < -0.4 is 0 Å². The molecule has 0 heterocycles. The molecule has 0 saturated heterocycles. The van der Waals surface area contributed by atoms with E-state index in [0.717, 1.165) is 12.1 Å². The molecule has 1 aromatic carbocycles. The van der Waals surface area contributed by atoms with E-state index in [2.05, 4.69) is 0 Å². The molecule has 0 saturated carbocycles. The van der Waals surface area contributed by atoms with E-state index in [9.17, 15) is 23.3 Å². The summed E-state index contributed by atoms with van der Waals surface area (Å²) in [5.74, 6) is 0. The van der Waals surface area contributed by atoms with Crippen LogP contribution in [0.2, 0.25) is 0 Å². The summed E-state index contributed by atoms with van der Waals surface area (Å²) in [7, 11) is 0. The largest absolute Gasteiger partial charge is 0.418 e. The molecule has 1 aromatic rings. The smallest absolute Gasteiger partial charge is 0.379 e. The highest BCUT2D eigenvalue weighted by Crippen LogP contribution is 2.37. The second-order valence-electron chi connectivity index (χ2n) is 3.26. The fourth-order valence-corrected chi connectivity index (χ4v) is 1.24. The number of aryl methyl sites for hydroxylation is 1. The molecule has 1 atom stereocenters. The highest BCUT2D eigenvalue weighted by molar-refractivity contribution is 5.44. The zero-order valence-corrected chi connectivity index (χ0v) is 8.15. The van der Waals surface area contributed by atoms with Crippen molar-refractivity contribution in [3.63, 3.8) is 0 Å². The number of aliphatic hydroxyl groups excluding tert-OH is 1. The van der Waals surface area contributed by atoms with Gasteiger partial charge in [0.05, 0.1) is 10.5 Å². The minimum absolute atomic E-state index is 0.406. The summed E-state index contributed by atoms with van der Waals surface area (Å²) in [5.41, 5.74) is -1.07. The summed E-state index contributed by atoms with van der Waals surface area (Å²) < 4.78 is 36.7. The van der Waals surface area contributed by atoms with E-state index in [1.54, 1.807) is 0 Å². The van der Waals surface area contributed by atoms with Crippen LogP contribution in [0, 0.1) is 17.0 Å². The molecule has 7 heteroatoms. The topological polar surface area (TPSA) is 63.4 Å². The van der Waals surface area contributed by atoms with Crippen molar-refractivity contribution in [2.24, 2.45) is 0 Å². The zero-order valence-electron chi connectivity index (χ0n) is 8.15. The summed E-state index contributed by atoms with van der Waals surface area (Å²) in [4.78, 5) is 9.54. The molecule has 0 aliphatic carbocycles. The lowest BCUT2D eigenvalue weighted by atomic mass is 10.0. The summed E-state index contributed by atoms with van der Waals surface area (Å²) in [6.45, 7) is 1.48. The number of alkyl halides is 3. The Kier molecular flexibility index (Phi) is 3.18. The molecule has 0 bridgehead atoms. The molecule has 1 N–H and O–H groups in total. The number of benzene rings is 1. The van der Waals surface area contributed by atoms with E-state index >= 15 is 0 Å². The molecule has 1 rings (SSSR count). The summed E-state index contributed by atoms with van der Waals surface area (Å²) in [5, 5.41) is 19.5. The van der Waals surface area contributed by atoms with E-state index in [1.807, 2.05) is 0 Å². The van der Waals surface area contributed by atoms with Gasteiger partial charge in [0, 0.05) is 6.07 Å². The van der Waals surface area contributed by atoms with Gasteiger partial charge < -0.3 is 5.11 Å². The molecule has 0 fully saturated rings. The van der Waals surface area contributed by atoms with E-state index in [-0.39, 0.29) is 0 Å². The standard InChI is InChI=1S/C9H8F3NO3/c1-5-2-3-7(13(15)16)6(4-5)8(14)9(10,11)12/h2-4,8,14H,1H3. The molecule has 0 spiro atoms. The minimum Gasteiger partial charge on any atom is -0.379 e. The lowest BCUT2D eigenvalue weighted by Gasteiger charge is -2.15. The van der Waals surface area contributed by atoms with E-state index in [0.29, 0.717) is 5.56 Å². The summed E-state index contributed by atoms with van der Waals surface area (Å²) in [6.07, 6.45) is -7.76. The van der Waals surface area contributed by atoms with Gasteiger partial charge in [0.25, 0.3) is 5.69 Å². The second kappa shape index (κ2) is 4.09. The van der Waals surface area contributed by atoms with Crippen LogP contribution in [0.1, 0.15) is 17.2 Å². The third-order valence-electron chi connectivity index (χ3n) is 1.98. The van der Waals surface area contributed by atoms with Gasteiger partial charge in [-0.25, -0.2) is 0 Å². The predicted octanol–water partition coefficient (Wildman–Crippen LogP) is 2.50. The van der Waals surface area contributed by atoms with Crippen LogP contribution in [0.15, 0.2) is 18.2 Å². The lowest BCUT2D eigenvalue weighted by molar-refractivity contribution is -0.387. The van der Waals surface area contributed by atoms with Gasteiger partial charge in [-0.3, -0.25) is 10.1 Å². The Bertz CT molecular complexity index is 417. The van der Waals surface area contributed by atoms with Gasteiger partial charge in [-0.1, -0.05) is 11.6 Å². The fourth-order valence-electron chi connectivity index (χ4n) is 1.24. The van der Waals surface area contributed by atoms with E-state index in [4.69, 9.17) is 5.11 Å². The van der Waals surface area contributed by atoms with Crippen LogP contribution in [0.5, 0.6) is 0 Å². The van der Waals surface area contributed by atoms with E-state index < -0.39 is 28.5 Å². The molecule has 0 aliphatic heterocycles. The van der Waals surface area contributed by atoms with E-state index in [1.165, 1.54) is 13.0 Å². The summed E-state index contributed by atoms with van der Waals surface area (Å²) in [6, 6.07) is 3.21. The van der Waals surface area contributed by atoms with Crippen LogP contribution in [-0.2, 0) is 0 Å². The number of hydrogen-bond donors (Lipinski definition) is 1. The quantitative estimate of drug-likeness (QED) is 0.632. The van der Waals surface area contributed by atoms with Gasteiger partial charge in [0.2, 0.25) is 0 Å². The molecule has 1 unspecified atom stereocenters. The molecule has 0 radical (unpaired) electrons. The lowest BCUT2D eigenvalue weighted by Crippen LogP contribution is -2.21. The van der Waals surface area contributed by atoms with Gasteiger partial charge in [0.1, 0.15) is 0 Å². The maximum absolute atomic E-state index is 12.2. The number of rotatable bonds is 2. The molecule has 0 amide bonds. The molecule has 4 nitrogen and oxygen atoms in total. The van der Waals surface area contributed by atoms with Crippen molar-refractivity contribution >= 4 is 5.69 Å². The van der Waals surface area contributed by atoms with Gasteiger partial charge >= 0.3 is 6.18 Å². The van der Waals surface area contributed by atoms with Crippen molar-refractivity contribution in [1.29, 1.82) is 0 Å². The van der Waals surface area contributed by atoms with Gasteiger partial charge in [-0.2, -0.15) is 13.2 Å². The Morgan fingerprint density at radius 2 is 2.00 bits per heavy atom. The van der Waals surface area contributed by atoms with Gasteiger partial charge in [0.15, 0.2) is 6.10 Å². The van der Waals surface area contributed by atoms with Crippen LogP contribution in [0.3, 0.4) is 0 Å². The number of halogens is 3. The third-order valence-corrected chi connectivity index (χ3v) is 1.98. The predicted molar refractivity (Wildman–Crippen MR) is 48.8 cm³/mol. The van der Waals surface area contributed by atoms with Crippen molar-refractivity contribution in [1.82, 2.24) is 0 Å². The number of aliphatic hydroxyl groups is 1. The Labute approximate surface area is 88.5 Å². The van der Waals surface area contributed by atoms with Crippen molar-refractivity contribution in [3.8, 4) is 0 Å². The second-order valence-corrected chi connectivity index (χ2v) is 3.26. The molecular formula is C9H8F3NO3. The number of nitrogens with zero attached hydrogens (tertiary/aromatic N) is 1. The highest BCUT2D eigenvalue weighted by Gasteiger charge is 2.42. The van der Waals surface area contributed by atoms with Crippen LogP contribution in [0.25, 0.3) is 0 Å². The maximum atomic E-state index is 12.2. The Morgan fingerprint density at radius 1 is 1.44 bits per heavy atom. The first kappa shape index (κ1) is 12.4. The summed E-state index contributed by atoms with van der Waals surface area (Å²) >= 11 is 0. The fraction of sp³-hybridized carbons (Fsp3) is 0.333. The third kappa shape index (κ3) is 2.48. The number of nitro benzene ring substituents is 1. The normalized spacial score (nSPS) is 13.6. The molecule has 16 heavy (non-hydrogen) atoms. The average Bonchev–Trinajstić information content (AvgIpc) is 2.14. The van der Waals surface area contributed by atoms with Gasteiger partial charge in [-0.15, -0.1) is 0 Å².